The summed E-state index contributed by atoms with van der Waals surface area (Å²) >= 11 is 0. The summed E-state index contributed by atoms with van der Waals surface area (Å²) in [6.07, 6.45) is 1.18. The lowest BCUT2D eigenvalue weighted by atomic mass is 10.0. The highest BCUT2D eigenvalue weighted by atomic mass is 19.1. The number of benzene rings is 2. The van der Waals surface area contributed by atoms with Crippen LogP contribution >= 0.6 is 0 Å². The molecule has 28 heavy (non-hydrogen) atoms. The molecule has 1 heterocycles. The first-order chi connectivity index (χ1) is 13.3. The molecule has 6 heteroatoms. The van der Waals surface area contributed by atoms with E-state index in [1.54, 1.807) is 38.1 Å². The minimum absolute atomic E-state index is 0.0122. The molecule has 0 saturated heterocycles. The number of aromatic nitrogens is 1. The third-order valence-electron chi connectivity index (χ3n) is 4.79. The van der Waals surface area contributed by atoms with Crippen molar-refractivity contribution in [2.45, 2.75) is 33.6 Å². The van der Waals surface area contributed by atoms with Crippen LogP contribution in [0.15, 0.2) is 30.3 Å². The fourth-order valence-electron chi connectivity index (χ4n) is 3.52. The number of halogens is 1. The number of ether oxygens (including phenoxy) is 1. The molecular weight excluding hydrogens is 357 g/mol. The van der Waals surface area contributed by atoms with Crippen LogP contribution < -0.4 is 5.73 Å². The second kappa shape index (κ2) is 7.46. The summed E-state index contributed by atoms with van der Waals surface area (Å²) in [4.78, 5) is 12.8. The Balaban J connectivity index is 2.49. The van der Waals surface area contributed by atoms with E-state index in [2.05, 4.69) is 0 Å². The zero-order valence-electron chi connectivity index (χ0n) is 16.5. The van der Waals surface area contributed by atoms with Gasteiger partial charge in [0.25, 0.3) is 0 Å². The van der Waals surface area contributed by atoms with Crippen LogP contribution in [0.4, 0.5) is 10.1 Å². The zero-order valence-corrected chi connectivity index (χ0v) is 16.5. The molecule has 0 bridgehead atoms. The molecule has 146 valence electrons. The third kappa shape index (κ3) is 3.15. The number of carbonyl (C=O) groups is 1. The van der Waals surface area contributed by atoms with Gasteiger partial charge in [-0.3, -0.25) is 0 Å². The first-order valence-corrected chi connectivity index (χ1v) is 9.22. The smallest absolute Gasteiger partial charge is 0.340 e. The van der Waals surface area contributed by atoms with Gasteiger partial charge in [0.1, 0.15) is 5.82 Å². The van der Waals surface area contributed by atoms with Crippen LogP contribution in [0.25, 0.3) is 16.6 Å². The second-order valence-electron chi connectivity index (χ2n) is 7.05. The van der Waals surface area contributed by atoms with Crippen molar-refractivity contribution in [2.24, 2.45) is 0 Å². The molecule has 3 aromatic rings. The number of aryl methyl sites for hydroxylation is 1. The van der Waals surface area contributed by atoms with Gasteiger partial charge in [-0.2, -0.15) is 0 Å². The summed E-state index contributed by atoms with van der Waals surface area (Å²) in [6.45, 7) is 7.70. The molecule has 0 saturated carbocycles. The summed E-state index contributed by atoms with van der Waals surface area (Å²) in [5.74, 6) is -0.723. The van der Waals surface area contributed by atoms with Gasteiger partial charge in [0.15, 0.2) is 0 Å². The van der Waals surface area contributed by atoms with Gasteiger partial charge in [-0.15, -0.1) is 0 Å². The number of anilines is 1. The van der Waals surface area contributed by atoms with Gasteiger partial charge in [-0.1, -0.05) is 13.8 Å². The quantitative estimate of drug-likeness (QED) is 0.372. The van der Waals surface area contributed by atoms with Crippen molar-refractivity contribution in [3.8, 4) is 5.69 Å². The molecule has 0 aliphatic heterocycles. The number of nitrogen functional groups attached to an aromatic ring is 1. The monoisotopic (exact) mass is 381 g/mol. The van der Waals surface area contributed by atoms with E-state index in [0.29, 0.717) is 27.8 Å². The average Bonchev–Trinajstić information content (AvgIpc) is 2.97. The first-order valence-electron chi connectivity index (χ1n) is 9.22. The Morgan fingerprint density at radius 2 is 2.04 bits per heavy atom. The largest absolute Gasteiger partial charge is 0.462 e. The van der Waals surface area contributed by atoms with Crippen LogP contribution in [0, 0.1) is 18.2 Å². The zero-order chi connectivity index (χ0) is 20.6. The molecule has 3 N–H and O–H groups in total. The molecule has 0 amide bonds. The highest BCUT2D eigenvalue weighted by molar-refractivity contribution is 6.09. The number of nitrogens with zero attached hydrogens (tertiary/aromatic N) is 1. The van der Waals surface area contributed by atoms with Gasteiger partial charge < -0.3 is 20.4 Å². The Morgan fingerprint density at radius 3 is 2.61 bits per heavy atom. The van der Waals surface area contributed by atoms with E-state index in [1.165, 1.54) is 12.3 Å². The summed E-state index contributed by atoms with van der Waals surface area (Å²) < 4.78 is 21.1. The molecule has 0 unspecified atom stereocenters. The molecule has 0 fully saturated rings. The van der Waals surface area contributed by atoms with Crippen LogP contribution in [-0.4, -0.2) is 23.4 Å². The minimum atomic E-state index is -0.421. The summed E-state index contributed by atoms with van der Waals surface area (Å²) in [6, 6.07) is 8.34. The van der Waals surface area contributed by atoms with Crippen molar-refractivity contribution < 1.29 is 13.9 Å². The van der Waals surface area contributed by atoms with Crippen molar-refractivity contribution in [2.75, 3.05) is 12.3 Å². The van der Waals surface area contributed by atoms with Crippen molar-refractivity contribution in [1.29, 1.82) is 5.41 Å². The molecular formula is C22H24FN3O2. The van der Waals surface area contributed by atoms with E-state index in [4.69, 9.17) is 15.9 Å². The molecule has 0 spiro atoms. The summed E-state index contributed by atoms with van der Waals surface area (Å²) in [7, 11) is 0. The Bertz CT molecular complexity index is 1080. The number of hydrogen-bond donors (Lipinski definition) is 2. The Morgan fingerprint density at radius 1 is 1.32 bits per heavy atom. The SMILES string of the molecule is CCOC(=O)c1c(C(C)C)n(-c2ccc(F)c(C)c2)c2cc(C=N)c(N)cc12. The van der Waals surface area contributed by atoms with Gasteiger partial charge in [0, 0.05) is 34.2 Å². The summed E-state index contributed by atoms with van der Waals surface area (Å²) in [5, 5.41) is 8.30. The average molecular weight is 381 g/mol. The highest BCUT2D eigenvalue weighted by Gasteiger charge is 2.27. The lowest BCUT2D eigenvalue weighted by Crippen LogP contribution is -2.11. The third-order valence-corrected chi connectivity index (χ3v) is 4.79. The fraction of sp³-hybridized carbons (Fsp3) is 0.273. The molecule has 2 aromatic carbocycles. The van der Waals surface area contributed by atoms with Crippen molar-refractivity contribution >= 4 is 28.8 Å². The molecule has 3 rings (SSSR count). The lowest BCUT2D eigenvalue weighted by Gasteiger charge is -2.16. The number of rotatable bonds is 5. The van der Waals surface area contributed by atoms with Crippen molar-refractivity contribution in [1.82, 2.24) is 4.57 Å². The first kappa shape index (κ1) is 19.6. The Labute approximate surface area is 163 Å². The number of nitrogens with two attached hydrogens (primary N) is 1. The molecule has 0 aliphatic rings. The van der Waals surface area contributed by atoms with Crippen LogP contribution in [0.5, 0.6) is 0 Å². The van der Waals surface area contributed by atoms with Crippen LogP contribution in [-0.2, 0) is 4.74 Å². The summed E-state index contributed by atoms with van der Waals surface area (Å²) in [5.41, 5.74) is 10.3. The van der Waals surface area contributed by atoms with Gasteiger partial charge in [-0.05, 0) is 55.7 Å². The van der Waals surface area contributed by atoms with E-state index in [1.807, 2.05) is 18.4 Å². The van der Waals surface area contributed by atoms with Crippen LogP contribution in [0.3, 0.4) is 0 Å². The van der Waals surface area contributed by atoms with Crippen molar-refractivity contribution in [3.05, 3.63) is 58.5 Å². The minimum Gasteiger partial charge on any atom is -0.462 e. The number of nitrogens with one attached hydrogen (secondary N) is 1. The van der Waals surface area contributed by atoms with E-state index in [9.17, 15) is 9.18 Å². The molecule has 0 aliphatic carbocycles. The number of hydrogen-bond acceptors (Lipinski definition) is 4. The van der Waals surface area contributed by atoms with E-state index in [-0.39, 0.29) is 18.3 Å². The fourth-order valence-corrected chi connectivity index (χ4v) is 3.52. The topological polar surface area (TPSA) is 81.1 Å². The lowest BCUT2D eigenvalue weighted by molar-refractivity contribution is 0.0527. The standard InChI is InChI=1S/C22H24FN3O2/c1-5-28-22(27)20-16-10-18(25)14(11-24)9-19(16)26(21(20)12(2)3)15-6-7-17(23)13(4)8-15/h6-12,24H,5,25H2,1-4H3. The highest BCUT2D eigenvalue weighted by Crippen LogP contribution is 2.37. The van der Waals surface area contributed by atoms with Crippen molar-refractivity contribution in [3.63, 3.8) is 0 Å². The molecule has 5 nitrogen and oxygen atoms in total. The van der Waals surface area contributed by atoms with Crippen LogP contribution in [0.1, 0.15) is 53.9 Å². The molecule has 0 atom stereocenters. The van der Waals surface area contributed by atoms with E-state index in [0.717, 1.165) is 16.9 Å². The molecule has 1 aromatic heterocycles. The Hall–Kier alpha value is -3.15. The number of carbonyl (C=O) groups excluding carboxylic acids is 1. The van der Waals surface area contributed by atoms with Gasteiger partial charge >= 0.3 is 5.97 Å². The molecule has 0 radical (unpaired) electrons. The van der Waals surface area contributed by atoms with E-state index < -0.39 is 5.97 Å². The predicted octanol–water partition coefficient (Wildman–Crippen LogP) is 4.96. The van der Waals surface area contributed by atoms with Gasteiger partial charge in [0.2, 0.25) is 0 Å². The maximum absolute atomic E-state index is 13.9. The van der Waals surface area contributed by atoms with Crippen LogP contribution in [0.2, 0.25) is 0 Å². The maximum atomic E-state index is 13.9. The van der Waals surface area contributed by atoms with Gasteiger partial charge in [-0.25, -0.2) is 9.18 Å². The van der Waals surface area contributed by atoms with Gasteiger partial charge in [0.05, 0.1) is 17.7 Å². The normalized spacial score (nSPS) is 11.2. The predicted molar refractivity (Wildman–Crippen MR) is 110 cm³/mol. The second-order valence-corrected chi connectivity index (χ2v) is 7.05. The Kier molecular flexibility index (Phi) is 5.23. The number of esters is 1. The van der Waals surface area contributed by atoms with E-state index >= 15 is 0 Å². The number of fused-ring (bicyclic) bond motifs is 1. The maximum Gasteiger partial charge on any atom is 0.340 e.